The van der Waals surface area contributed by atoms with Gasteiger partial charge < -0.3 is 20.4 Å². The third kappa shape index (κ3) is 2.99. The lowest BCUT2D eigenvalue weighted by Gasteiger charge is -2.36. The van der Waals surface area contributed by atoms with Gasteiger partial charge in [0.1, 0.15) is 23.1 Å². The Morgan fingerprint density at radius 2 is 2.03 bits per heavy atom. The van der Waals surface area contributed by atoms with E-state index >= 15 is 0 Å². The molecule has 2 aliphatic rings. The van der Waals surface area contributed by atoms with Crippen molar-refractivity contribution < 1.29 is 9.13 Å². The summed E-state index contributed by atoms with van der Waals surface area (Å²) < 4.78 is 20.4. The zero-order valence-electron chi connectivity index (χ0n) is 18.0. The zero-order valence-corrected chi connectivity index (χ0v) is 18.0. The van der Waals surface area contributed by atoms with Crippen LogP contribution in [0.2, 0.25) is 0 Å². The number of anilines is 1. The number of hydrogen-bond acceptors (Lipinski definition) is 7. The topological polar surface area (TPSA) is 106 Å². The number of nitrogens with one attached hydrogen (secondary N) is 1. The maximum atomic E-state index is 14.5. The van der Waals surface area contributed by atoms with Gasteiger partial charge in [0, 0.05) is 24.5 Å². The van der Waals surface area contributed by atoms with E-state index < -0.39 is 0 Å². The van der Waals surface area contributed by atoms with Crippen LogP contribution in [0.5, 0.6) is 11.8 Å². The van der Waals surface area contributed by atoms with Gasteiger partial charge in [0.15, 0.2) is 5.75 Å². The Morgan fingerprint density at radius 1 is 1.22 bits per heavy atom. The minimum absolute atomic E-state index is 0.202. The smallest absolute Gasteiger partial charge is 0.326 e. The van der Waals surface area contributed by atoms with Gasteiger partial charge in [-0.25, -0.2) is 14.4 Å². The fraction of sp³-hybridized carbons (Fsp3) is 0.391. The number of aromatic nitrogens is 5. The number of H-pyrrole nitrogens is 1. The van der Waals surface area contributed by atoms with E-state index in [1.54, 1.807) is 24.5 Å². The minimum atomic E-state index is -0.262. The predicted octanol–water partition coefficient (Wildman–Crippen LogP) is 3.49. The van der Waals surface area contributed by atoms with Crippen molar-refractivity contribution in [2.24, 2.45) is 17.6 Å². The SMILES string of the molecule is CCc1cc(F)cc2c1[nH]c1nc(Oc3cnc(C)nc3)nc(N3CC4CC(N)C4C3)c12. The molecule has 164 valence electrons. The van der Waals surface area contributed by atoms with Gasteiger partial charge in [-0.2, -0.15) is 9.97 Å². The molecular formula is C23H24FN7O. The van der Waals surface area contributed by atoms with E-state index in [1.807, 2.05) is 13.8 Å². The number of ether oxygens (including phenoxy) is 1. The maximum Gasteiger partial charge on any atom is 0.326 e. The number of rotatable bonds is 4. The predicted molar refractivity (Wildman–Crippen MR) is 119 cm³/mol. The second-order valence-electron chi connectivity index (χ2n) is 8.82. The summed E-state index contributed by atoms with van der Waals surface area (Å²) >= 11 is 0. The van der Waals surface area contributed by atoms with Crippen LogP contribution in [-0.2, 0) is 6.42 Å². The molecule has 3 atom stereocenters. The highest BCUT2D eigenvalue weighted by Crippen LogP contribution is 2.44. The van der Waals surface area contributed by atoms with Crippen molar-refractivity contribution in [1.82, 2.24) is 24.9 Å². The van der Waals surface area contributed by atoms with Crippen LogP contribution in [0.15, 0.2) is 24.5 Å². The molecule has 3 aromatic heterocycles. The van der Waals surface area contributed by atoms with E-state index in [4.69, 9.17) is 15.5 Å². The number of aromatic amines is 1. The van der Waals surface area contributed by atoms with Crippen LogP contribution in [0.1, 0.15) is 24.7 Å². The van der Waals surface area contributed by atoms with Gasteiger partial charge in [0.25, 0.3) is 0 Å². The van der Waals surface area contributed by atoms with Gasteiger partial charge >= 0.3 is 6.01 Å². The Hall–Kier alpha value is -3.33. The molecular weight excluding hydrogens is 409 g/mol. The monoisotopic (exact) mass is 433 g/mol. The number of benzene rings is 1. The Kier molecular flexibility index (Phi) is 4.29. The Labute approximate surface area is 184 Å². The van der Waals surface area contributed by atoms with E-state index in [0.29, 0.717) is 35.5 Å². The largest absolute Gasteiger partial charge is 0.421 e. The molecule has 1 saturated heterocycles. The summed E-state index contributed by atoms with van der Waals surface area (Å²) in [5.74, 6) is 2.63. The molecule has 0 spiro atoms. The summed E-state index contributed by atoms with van der Waals surface area (Å²) in [4.78, 5) is 23.4. The lowest BCUT2D eigenvalue weighted by molar-refractivity contribution is 0.194. The van der Waals surface area contributed by atoms with Crippen LogP contribution < -0.4 is 15.4 Å². The third-order valence-electron chi connectivity index (χ3n) is 6.83. The molecule has 4 heterocycles. The van der Waals surface area contributed by atoms with E-state index in [-0.39, 0.29) is 17.9 Å². The van der Waals surface area contributed by atoms with Crippen molar-refractivity contribution in [2.45, 2.75) is 32.7 Å². The number of hydrogen-bond donors (Lipinski definition) is 2. The summed E-state index contributed by atoms with van der Waals surface area (Å²) in [5, 5.41) is 1.61. The van der Waals surface area contributed by atoms with Gasteiger partial charge in [-0.1, -0.05) is 6.92 Å². The quantitative estimate of drug-likeness (QED) is 0.507. The first kappa shape index (κ1) is 19.4. The molecule has 3 N–H and O–H groups in total. The molecule has 2 fully saturated rings. The molecule has 3 unspecified atom stereocenters. The molecule has 1 aromatic carbocycles. The van der Waals surface area contributed by atoms with Crippen molar-refractivity contribution in [2.75, 3.05) is 18.0 Å². The molecule has 1 aliphatic heterocycles. The second-order valence-corrected chi connectivity index (χ2v) is 8.82. The average Bonchev–Trinajstić information content (AvgIpc) is 3.31. The second kappa shape index (κ2) is 7.09. The molecule has 4 aromatic rings. The summed E-state index contributed by atoms with van der Waals surface area (Å²) in [5.41, 5.74) is 8.65. The van der Waals surface area contributed by atoms with Crippen LogP contribution >= 0.6 is 0 Å². The lowest BCUT2D eigenvalue weighted by Crippen LogP contribution is -2.46. The normalized spacial score (nSPS) is 22.4. The number of nitrogens with two attached hydrogens (primary N) is 1. The van der Waals surface area contributed by atoms with Gasteiger partial charge in [-0.3, -0.25) is 0 Å². The van der Waals surface area contributed by atoms with Crippen LogP contribution in [-0.4, -0.2) is 44.1 Å². The van der Waals surface area contributed by atoms with E-state index in [2.05, 4.69) is 24.8 Å². The van der Waals surface area contributed by atoms with Crippen molar-refractivity contribution in [1.29, 1.82) is 0 Å². The van der Waals surface area contributed by atoms with Crippen molar-refractivity contribution in [3.63, 3.8) is 0 Å². The Bertz CT molecular complexity index is 1340. The first-order valence-corrected chi connectivity index (χ1v) is 11.0. The van der Waals surface area contributed by atoms with E-state index in [1.165, 1.54) is 0 Å². The Balaban J connectivity index is 1.53. The molecule has 0 radical (unpaired) electrons. The molecule has 1 saturated carbocycles. The average molecular weight is 433 g/mol. The fourth-order valence-electron chi connectivity index (χ4n) is 5.12. The zero-order chi connectivity index (χ0) is 22.0. The van der Waals surface area contributed by atoms with Gasteiger partial charge in [-0.05, 0) is 49.3 Å². The van der Waals surface area contributed by atoms with Crippen LogP contribution in [0, 0.1) is 24.6 Å². The summed E-state index contributed by atoms with van der Waals surface area (Å²) in [6, 6.07) is 3.56. The number of halogens is 1. The van der Waals surface area contributed by atoms with Crippen LogP contribution in [0.3, 0.4) is 0 Å². The van der Waals surface area contributed by atoms with Crippen molar-refractivity contribution in [3.8, 4) is 11.8 Å². The molecule has 8 nitrogen and oxygen atoms in total. The minimum Gasteiger partial charge on any atom is -0.421 e. The van der Waals surface area contributed by atoms with E-state index in [9.17, 15) is 4.39 Å². The molecule has 0 amide bonds. The molecule has 6 rings (SSSR count). The standard InChI is InChI=1S/C23H24FN7O/c1-3-12-4-14(24)6-16-19-21(28-20(12)16)29-23(32-15-7-26-11(2)27-8-15)30-22(19)31-9-13-5-18(25)17(13)10-31/h4,6-8,13,17-18H,3,5,9-10,25H2,1-2H3,(H,28,29,30). The summed E-state index contributed by atoms with van der Waals surface area (Å²) in [6.45, 7) is 5.53. The number of aryl methyl sites for hydroxylation is 2. The van der Waals surface area contributed by atoms with Gasteiger partial charge in [-0.15, -0.1) is 0 Å². The summed E-state index contributed by atoms with van der Waals surface area (Å²) in [6.07, 6.45) is 4.93. The third-order valence-corrected chi connectivity index (χ3v) is 6.83. The molecule has 9 heteroatoms. The highest BCUT2D eigenvalue weighted by Gasteiger charge is 2.46. The lowest BCUT2D eigenvalue weighted by atomic mass is 9.72. The first-order chi connectivity index (χ1) is 15.5. The van der Waals surface area contributed by atoms with Gasteiger partial charge in [0.2, 0.25) is 0 Å². The Morgan fingerprint density at radius 3 is 2.75 bits per heavy atom. The van der Waals surface area contributed by atoms with Gasteiger partial charge in [0.05, 0.1) is 23.3 Å². The fourth-order valence-corrected chi connectivity index (χ4v) is 5.12. The van der Waals surface area contributed by atoms with Crippen LogP contribution in [0.25, 0.3) is 21.9 Å². The molecule has 0 bridgehead atoms. The number of nitrogens with zero attached hydrogens (tertiary/aromatic N) is 5. The van der Waals surface area contributed by atoms with E-state index in [0.717, 1.165) is 47.2 Å². The number of fused-ring (bicyclic) bond motifs is 4. The molecule has 1 aliphatic carbocycles. The van der Waals surface area contributed by atoms with Crippen molar-refractivity contribution in [3.05, 3.63) is 41.7 Å². The first-order valence-electron chi connectivity index (χ1n) is 11.0. The summed E-state index contributed by atoms with van der Waals surface area (Å²) in [7, 11) is 0. The van der Waals surface area contributed by atoms with Crippen molar-refractivity contribution >= 4 is 27.8 Å². The highest BCUT2D eigenvalue weighted by atomic mass is 19.1. The maximum absolute atomic E-state index is 14.5. The highest BCUT2D eigenvalue weighted by molar-refractivity contribution is 6.12. The van der Waals surface area contributed by atoms with Crippen LogP contribution in [0.4, 0.5) is 10.2 Å². The molecule has 32 heavy (non-hydrogen) atoms.